The van der Waals surface area contributed by atoms with E-state index in [-0.39, 0.29) is 0 Å². The Morgan fingerprint density at radius 1 is 0.306 bits per heavy atom. The molecule has 13 rings (SSSR count). The van der Waals surface area contributed by atoms with Crippen LogP contribution >= 0.6 is 0 Å². The van der Waals surface area contributed by atoms with Crippen LogP contribution in [-0.4, -0.2) is 9.97 Å². The molecule has 0 saturated heterocycles. The Labute approximate surface area is 359 Å². The molecule has 288 valence electrons. The Kier molecular flexibility index (Phi) is 7.52. The number of hydrogen-bond acceptors (Lipinski definition) is 3. The zero-order valence-electron chi connectivity index (χ0n) is 33.6. The maximum atomic E-state index is 6.38. The molecule has 62 heavy (non-hydrogen) atoms. The van der Waals surface area contributed by atoms with Crippen molar-refractivity contribution in [2.45, 2.75) is 5.41 Å². The second kappa shape index (κ2) is 13.4. The Hall–Kier alpha value is -8.14. The van der Waals surface area contributed by atoms with E-state index in [0.717, 1.165) is 55.6 Å². The van der Waals surface area contributed by atoms with Crippen molar-refractivity contribution < 1.29 is 4.42 Å². The SMILES string of the molecule is c1ccc(-c2ccc(-c3cc(-c4ccc5c(c4)C4(c6ccccc6-c6ccccc6-c6ccccc64)c4ccccc4-5)nc(-c4cccc5oc6ccccc6c45)n3)cc2)cc1. The van der Waals surface area contributed by atoms with Crippen molar-refractivity contribution in [3.05, 3.63) is 241 Å². The molecule has 9 aromatic carbocycles. The fourth-order valence-electron chi connectivity index (χ4n) is 10.5. The van der Waals surface area contributed by atoms with E-state index in [1.807, 2.05) is 24.3 Å². The van der Waals surface area contributed by atoms with Gasteiger partial charge in [0.25, 0.3) is 0 Å². The van der Waals surface area contributed by atoms with Crippen molar-refractivity contribution in [2.75, 3.05) is 0 Å². The summed E-state index contributed by atoms with van der Waals surface area (Å²) in [5, 5.41) is 2.06. The monoisotopic (exact) mass is 788 g/mol. The molecule has 0 N–H and O–H groups in total. The van der Waals surface area contributed by atoms with Gasteiger partial charge in [-0.15, -0.1) is 0 Å². The van der Waals surface area contributed by atoms with Gasteiger partial charge in [0.1, 0.15) is 11.2 Å². The molecule has 0 aliphatic heterocycles. The molecule has 0 unspecified atom stereocenters. The first-order valence-electron chi connectivity index (χ1n) is 21.2. The van der Waals surface area contributed by atoms with Crippen LogP contribution in [-0.2, 0) is 5.41 Å². The van der Waals surface area contributed by atoms with Crippen LogP contribution in [0.4, 0.5) is 0 Å². The molecule has 3 nitrogen and oxygen atoms in total. The molecule has 2 aliphatic rings. The van der Waals surface area contributed by atoms with Gasteiger partial charge in [0.2, 0.25) is 0 Å². The van der Waals surface area contributed by atoms with E-state index in [4.69, 9.17) is 14.4 Å². The van der Waals surface area contributed by atoms with Crippen LogP contribution in [0.2, 0.25) is 0 Å². The highest BCUT2D eigenvalue weighted by atomic mass is 16.3. The van der Waals surface area contributed by atoms with Crippen molar-refractivity contribution in [3.63, 3.8) is 0 Å². The van der Waals surface area contributed by atoms with Crippen LogP contribution in [0.15, 0.2) is 223 Å². The number of benzene rings is 9. The minimum absolute atomic E-state index is 0.596. The molecular formula is C59H36N2O. The summed E-state index contributed by atoms with van der Waals surface area (Å²) in [5.41, 5.74) is 20.7. The number of nitrogens with zero attached hydrogens (tertiary/aromatic N) is 2. The lowest BCUT2D eigenvalue weighted by molar-refractivity contribution is 0.669. The van der Waals surface area contributed by atoms with Gasteiger partial charge in [-0.05, 0) is 91.0 Å². The lowest BCUT2D eigenvalue weighted by Gasteiger charge is -2.35. The third kappa shape index (κ3) is 5.00. The highest BCUT2D eigenvalue weighted by molar-refractivity contribution is 6.12. The van der Waals surface area contributed by atoms with E-state index in [1.54, 1.807) is 0 Å². The van der Waals surface area contributed by atoms with Crippen molar-refractivity contribution in [2.24, 2.45) is 0 Å². The van der Waals surface area contributed by atoms with Gasteiger partial charge in [0.05, 0.1) is 16.8 Å². The Balaban J connectivity index is 1.08. The van der Waals surface area contributed by atoms with Crippen LogP contribution in [0.5, 0.6) is 0 Å². The standard InChI is InChI=1S/C59H36N2O/c1-2-15-37(16-3-1)38-29-31-39(32-30-38)53-36-54(61-58(60-53)48-23-14-28-56-57(48)47-22-9-13-27-55(47)62-56)40-33-34-46-45-21-8-12-26-51(45)59(52(46)35-40)49-24-10-6-19-43(49)41-17-4-5-18-42(41)44-20-7-11-25-50(44)59/h1-36H. The minimum atomic E-state index is -0.596. The van der Waals surface area contributed by atoms with Crippen LogP contribution < -0.4 is 0 Å². The average molecular weight is 789 g/mol. The molecule has 2 aromatic heterocycles. The number of para-hydroxylation sites is 1. The molecule has 0 saturated carbocycles. The molecule has 1 spiro atoms. The largest absolute Gasteiger partial charge is 0.456 e. The van der Waals surface area contributed by atoms with Crippen LogP contribution in [0.3, 0.4) is 0 Å². The summed E-state index contributed by atoms with van der Waals surface area (Å²) in [4.78, 5) is 10.9. The van der Waals surface area contributed by atoms with E-state index in [9.17, 15) is 0 Å². The highest BCUT2D eigenvalue weighted by Gasteiger charge is 2.49. The molecule has 0 amide bonds. The van der Waals surface area contributed by atoms with E-state index in [1.165, 1.54) is 61.2 Å². The lowest BCUT2D eigenvalue weighted by Crippen LogP contribution is -2.29. The molecule has 0 fully saturated rings. The average Bonchev–Trinajstić information content (AvgIpc) is 3.84. The lowest BCUT2D eigenvalue weighted by atomic mass is 9.65. The molecular weight excluding hydrogens is 753 g/mol. The molecule has 0 radical (unpaired) electrons. The summed E-state index contributed by atoms with van der Waals surface area (Å²) in [7, 11) is 0. The van der Waals surface area contributed by atoms with E-state index in [0.29, 0.717) is 5.82 Å². The molecule has 3 heteroatoms. The maximum absolute atomic E-state index is 6.38. The topological polar surface area (TPSA) is 38.9 Å². The van der Waals surface area contributed by atoms with Gasteiger partial charge in [-0.2, -0.15) is 0 Å². The summed E-state index contributed by atoms with van der Waals surface area (Å²) < 4.78 is 6.38. The molecule has 2 heterocycles. The summed E-state index contributed by atoms with van der Waals surface area (Å²) >= 11 is 0. The predicted molar refractivity (Wildman–Crippen MR) is 253 cm³/mol. The van der Waals surface area contributed by atoms with Crippen molar-refractivity contribution >= 4 is 21.9 Å². The van der Waals surface area contributed by atoms with Crippen molar-refractivity contribution in [3.8, 4) is 78.4 Å². The molecule has 2 aliphatic carbocycles. The number of rotatable bonds is 4. The first-order valence-corrected chi connectivity index (χ1v) is 21.2. The van der Waals surface area contributed by atoms with Gasteiger partial charge in [0, 0.05) is 27.5 Å². The van der Waals surface area contributed by atoms with Gasteiger partial charge < -0.3 is 4.42 Å². The first-order chi connectivity index (χ1) is 30.7. The zero-order chi connectivity index (χ0) is 40.8. The Morgan fingerprint density at radius 2 is 0.774 bits per heavy atom. The number of hydrogen-bond donors (Lipinski definition) is 0. The smallest absolute Gasteiger partial charge is 0.161 e. The molecule has 0 bridgehead atoms. The Bertz CT molecular complexity index is 3510. The first kappa shape index (κ1) is 34.7. The van der Waals surface area contributed by atoms with Gasteiger partial charge >= 0.3 is 0 Å². The summed E-state index contributed by atoms with van der Waals surface area (Å²) in [6.45, 7) is 0. The number of fused-ring (bicyclic) bond motifs is 15. The second-order valence-corrected chi connectivity index (χ2v) is 16.4. The Morgan fingerprint density at radius 3 is 1.45 bits per heavy atom. The minimum Gasteiger partial charge on any atom is -0.456 e. The fourth-order valence-corrected chi connectivity index (χ4v) is 10.5. The highest BCUT2D eigenvalue weighted by Crippen LogP contribution is 2.61. The fraction of sp³-hybridized carbons (Fsp3) is 0.0169. The third-order valence-corrected chi connectivity index (χ3v) is 13.2. The van der Waals surface area contributed by atoms with Crippen molar-refractivity contribution in [1.82, 2.24) is 9.97 Å². The van der Waals surface area contributed by atoms with Gasteiger partial charge in [-0.25, -0.2) is 9.97 Å². The van der Waals surface area contributed by atoms with E-state index >= 15 is 0 Å². The zero-order valence-corrected chi connectivity index (χ0v) is 33.6. The third-order valence-electron chi connectivity index (χ3n) is 13.2. The number of aromatic nitrogens is 2. The van der Waals surface area contributed by atoms with Crippen molar-refractivity contribution in [1.29, 1.82) is 0 Å². The summed E-state index contributed by atoms with van der Waals surface area (Å²) in [6, 6.07) is 78.8. The van der Waals surface area contributed by atoms with E-state index < -0.39 is 5.41 Å². The number of furan rings is 1. The predicted octanol–water partition coefficient (Wildman–Crippen LogP) is 15.1. The van der Waals surface area contributed by atoms with Crippen LogP contribution in [0.25, 0.3) is 100 Å². The molecule has 11 aromatic rings. The quantitative estimate of drug-likeness (QED) is 0.178. The second-order valence-electron chi connectivity index (χ2n) is 16.4. The van der Waals surface area contributed by atoms with Crippen LogP contribution in [0, 0.1) is 0 Å². The molecule has 0 atom stereocenters. The van der Waals surface area contributed by atoms with Gasteiger partial charge in [0.15, 0.2) is 5.82 Å². The van der Waals surface area contributed by atoms with Gasteiger partial charge in [-0.3, -0.25) is 0 Å². The van der Waals surface area contributed by atoms with Gasteiger partial charge in [-0.1, -0.05) is 194 Å². The summed E-state index contributed by atoms with van der Waals surface area (Å²) in [6.07, 6.45) is 0. The maximum Gasteiger partial charge on any atom is 0.161 e. The van der Waals surface area contributed by atoms with E-state index in [2.05, 4.69) is 194 Å². The van der Waals surface area contributed by atoms with Crippen LogP contribution in [0.1, 0.15) is 22.3 Å². The normalized spacial score (nSPS) is 13.0. The summed E-state index contributed by atoms with van der Waals surface area (Å²) in [5.74, 6) is 0.654.